The highest BCUT2D eigenvalue weighted by atomic mass is 16.1. The van der Waals surface area contributed by atoms with Crippen molar-refractivity contribution in [2.24, 2.45) is 5.84 Å². The third-order valence-corrected chi connectivity index (χ3v) is 1.76. The third kappa shape index (κ3) is 2.43. The van der Waals surface area contributed by atoms with E-state index in [1.807, 2.05) is 6.92 Å². The van der Waals surface area contributed by atoms with Gasteiger partial charge >= 0.3 is 0 Å². The lowest BCUT2D eigenvalue weighted by molar-refractivity contribution is 0.0954. The summed E-state index contributed by atoms with van der Waals surface area (Å²) < 4.78 is 0. The predicted octanol–water partition coefficient (Wildman–Crippen LogP) is 0.507. The van der Waals surface area contributed by atoms with Crippen LogP contribution in [0.25, 0.3) is 0 Å². The monoisotopic (exact) mass is 194 g/mol. The molecule has 76 valence electrons. The van der Waals surface area contributed by atoms with E-state index in [0.717, 1.165) is 6.42 Å². The number of hydrazine groups is 1. The van der Waals surface area contributed by atoms with Gasteiger partial charge in [-0.05, 0) is 12.5 Å². The Bertz CT molecular complexity index is 313. The molecule has 1 rings (SSSR count). The van der Waals surface area contributed by atoms with Crippen molar-refractivity contribution in [3.8, 4) is 0 Å². The Hall–Kier alpha value is -1.62. The highest BCUT2D eigenvalue weighted by Gasteiger charge is 2.09. The van der Waals surface area contributed by atoms with Crippen molar-refractivity contribution in [2.45, 2.75) is 13.3 Å². The van der Waals surface area contributed by atoms with Gasteiger partial charge in [-0.25, -0.2) is 0 Å². The summed E-state index contributed by atoms with van der Waals surface area (Å²) in [5, 5.41) is 2.75. The molecule has 0 aliphatic carbocycles. The first-order valence-corrected chi connectivity index (χ1v) is 4.48. The maximum Gasteiger partial charge on any atom is 0.255 e. The van der Waals surface area contributed by atoms with E-state index < -0.39 is 0 Å². The Morgan fingerprint density at radius 3 is 3.07 bits per heavy atom. The maximum absolute atomic E-state index is 11.5. The number of nitrogen functional groups attached to an aromatic ring is 1. The zero-order valence-electron chi connectivity index (χ0n) is 8.08. The average molecular weight is 194 g/mol. The first-order valence-electron chi connectivity index (χ1n) is 4.48. The van der Waals surface area contributed by atoms with E-state index in [1.54, 1.807) is 12.3 Å². The molecule has 0 bridgehead atoms. The van der Waals surface area contributed by atoms with Crippen LogP contribution in [0.2, 0.25) is 0 Å². The number of nitrogens with one attached hydrogen (secondary N) is 2. The van der Waals surface area contributed by atoms with Crippen molar-refractivity contribution >= 4 is 11.6 Å². The molecule has 1 heterocycles. The molecule has 0 atom stereocenters. The second-order valence-corrected chi connectivity index (χ2v) is 2.82. The molecular formula is C9H14N4O. The van der Waals surface area contributed by atoms with Crippen molar-refractivity contribution in [1.82, 2.24) is 10.3 Å². The van der Waals surface area contributed by atoms with E-state index in [0.29, 0.717) is 17.8 Å². The van der Waals surface area contributed by atoms with E-state index in [4.69, 9.17) is 5.84 Å². The lowest BCUT2D eigenvalue weighted by Crippen LogP contribution is -2.25. The fraction of sp³-hybridized carbons (Fsp3) is 0.333. The van der Waals surface area contributed by atoms with Gasteiger partial charge in [-0.3, -0.25) is 15.6 Å². The largest absolute Gasteiger partial charge is 0.352 e. The van der Waals surface area contributed by atoms with Crippen LogP contribution < -0.4 is 16.6 Å². The molecular weight excluding hydrogens is 180 g/mol. The Kier molecular flexibility index (Phi) is 3.87. The number of rotatable bonds is 4. The summed E-state index contributed by atoms with van der Waals surface area (Å²) in [6.07, 6.45) is 3.96. The lowest BCUT2D eigenvalue weighted by Gasteiger charge is -2.07. The molecule has 0 aliphatic rings. The SMILES string of the molecule is CCCNC(=O)c1cnccc1NN. The number of carbonyl (C=O) groups is 1. The molecule has 4 N–H and O–H groups in total. The number of anilines is 1. The quantitative estimate of drug-likeness (QED) is 0.482. The van der Waals surface area contributed by atoms with Crippen LogP contribution in [0, 0.1) is 0 Å². The van der Waals surface area contributed by atoms with Crippen LogP contribution in [-0.2, 0) is 0 Å². The highest BCUT2D eigenvalue weighted by molar-refractivity contribution is 5.99. The van der Waals surface area contributed by atoms with Crippen molar-refractivity contribution in [2.75, 3.05) is 12.0 Å². The summed E-state index contributed by atoms with van der Waals surface area (Å²) >= 11 is 0. The summed E-state index contributed by atoms with van der Waals surface area (Å²) in [5.74, 6) is 5.10. The first kappa shape index (κ1) is 10.5. The Balaban J connectivity index is 2.78. The van der Waals surface area contributed by atoms with Gasteiger partial charge in [0.2, 0.25) is 0 Å². The van der Waals surface area contributed by atoms with E-state index in [-0.39, 0.29) is 5.91 Å². The van der Waals surface area contributed by atoms with Gasteiger partial charge in [0, 0.05) is 18.9 Å². The van der Waals surface area contributed by atoms with Gasteiger partial charge in [-0.15, -0.1) is 0 Å². The van der Waals surface area contributed by atoms with E-state index in [2.05, 4.69) is 15.7 Å². The van der Waals surface area contributed by atoms with Crippen molar-refractivity contribution in [3.05, 3.63) is 24.0 Å². The van der Waals surface area contributed by atoms with Crippen LogP contribution >= 0.6 is 0 Å². The molecule has 0 spiro atoms. The summed E-state index contributed by atoms with van der Waals surface area (Å²) in [5.41, 5.74) is 3.49. The molecule has 0 unspecified atom stereocenters. The highest BCUT2D eigenvalue weighted by Crippen LogP contribution is 2.11. The fourth-order valence-corrected chi connectivity index (χ4v) is 1.04. The molecule has 0 aliphatic heterocycles. The molecule has 0 radical (unpaired) electrons. The van der Waals surface area contributed by atoms with Crippen LogP contribution in [0.1, 0.15) is 23.7 Å². The van der Waals surface area contributed by atoms with Gasteiger partial charge in [0.05, 0.1) is 11.3 Å². The Labute approximate surface area is 82.7 Å². The molecule has 0 aromatic carbocycles. The summed E-state index contributed by atoms with van der Waals surface area (Å²) in [7, 11) is 0. The van der Waals surface area contributed by atoms with E-state index in [9.17, 15) is 4.79 Å². The Morgan fingerprint density at radius 1 is 1.64 bits per heavy atom. The van der Waals surface area contributed by atoms with Crippen molar-refractivity contribution < 1.29 is 4.79 Å². The fourth-order valence-electron chi connectivity index (χ4n) is 1.04. The zero-order valence-corrected chi connectivity index (χ0v) is 8.08. The maximum atomic E-state index is 11.5. The molecule has 5 nitrogen and oxygen atoms in total. The predicted molar refractivity (Wildman–Crippen MR) is 54.7 cm³/mol. The number of nitrogens with zero attached hydrogens (tertiary/aromatic N) is 1. The number of hydrogen-bond donors (Lipinski definition) is 3. The van der Waals surface area contributed by atoms with Crippen LogP contribution in [0.15, 0.2) is 18.5 Å². The minimum Gasteiger partial charge on any atom is -0.352 e. The average Bonchev–Trinajstić information content (AvgIpc) is 2.25. The topological polar surface area (TPSA) is 80.0 Å². The van der Waals surface area contributed by atoms with Gasteiger partial charge in [-0.1, -0.05) is 6.92 Å². The third-order valence-electron chi connectivity index (χ3n) is 1.76. The molecule has 0 saturated carbocycles. The normalized spacial score (nSPS) is 9.57. The van der Waals surface area contributed by atoms with Gasteiger partial charge in [0.25, 0.3) is 5.91 Å². The second kappa shape index (κ2) is 5.18. The van der Waals surface area contributed by atoms with Crippen molar-refractivity contribution in [3.63, 3.8) is 0 Å². The molecule has 0 saturated heterocycles. The molecule has 14 heavy (non-hydrogen) atoms. The smallest absolute Gasteiger partial charge is 0.255 e. The van der Waals surface area contributed by atoms with Crippen LogP contribution in [0.3, 0.4) is 0 Å². The summed E-state index contributed by atoms with van der Waals surface area (Å²) in [6, 6.07) is 1.65. The minimum absolute atomic E-state index is 0.159. The van der Waals surface area contributed by atoms with Gasteiger partial charge in [0.15, 0.2) is 0 Å². The first-order chi connectivity index (χ1) is 6.79. The Morgan fingerprint density at radius 2 is 2.43 bits per heavy atom. The van der Waals surface area contributed by atoms with Gasteiger partial charge < -0.3 is 10.7 Å². The van der Waals surface area contributed by atoms with Gasteiger partial charge in [0.1, 0.15) is 0 Å². The second-order valence-electron chi connectivity index (χ2n) is 2.82. The molecule has 0 fully saturated rings. The van der Waals surface area contributed by atoms with Crippen molar-refractivity contribution in [1.29, 1.82) is 0 Å². The summed E-state index contributed by atoms with van der Waals surface area (Å²) in [4.78, 5) is 15.4. The van der Waals surface area contributed by atoms with Crippen LogP contribution in [-0.4, -0.2) is 17.4 Å². The minimum atomic E-state index is -0.159. The number of nitrogens with two attached hydrogens (primary N) is 1. The molecule has 1 aromatic heterocycles. The number of aromatic nitrogens is 1. The standard InChI is InChI=1S/C9H14N4O/c1-2-4-12-9(14)7-6-11-5-3-8(7)13-10/h3,5-6H,2,4,10H2,1H3,(H,11,13)(H,12,14). The van der Waals surface area contributed by atoms with Gasteiger partial charge in [-0.2, -0.15) is 0 Å². The summed E-state index contributed by atoms with van der Waals surface area (Å²) in [6.45, 7) is 2.64. The number of hydrogen-bond acceptors (Lipinski definition) is 4. The number of amides is 1. The molecule has 5 heteroatoms. The van der Waals surface area contributed by atoms with Crippen LogP contribution in [0.4, 0.5) is 5.69 Å². The van der Waals surface area contributed by atoms with E-state index in [1.165, 1.54) is 6.20 Å². The zero-order chi connectivity index (χ0) is 10.4. The number of pyridine rings is 1. The molecule has 1 amide bonds. The van der Waals surface area contributed by atoms with E-state index >= 15 is 0 Å². The lowest BCUT2D eigenvalue weighted by atomic mass is 10.2. The van der Waals surface area contributed by atoms with Crippen LogP contribution in [0.5, 0.6) is 0 Å². The molecule has 1 aromatic rings. The number of carbonyl (C=O) groups excluding carboxylic acids is 1.